The SMILES string of the molecule is COc1ccc(C(c2ccc(OC)cc2OC=N)[C@H](C)OC(=O)[C@H](C)n2c(=O)oc3c(OC)ccnc3c2=O)c(OC)c1. The first-order valence-electron chi connectivity index (χ1n) is 13.0. The van der Waals surface area contributed by atoms with Gasteiger partial charge in [0.1, 0.15) is 35.1 Å². The summed E-state index contributed by atoms with van der Waals surface area (Å²) in [6.45, 7) is 2.99. The first-order chi connectivity index (χ1) is 20.7. The van der Waals surface area contributed by atoms with Crippen molar-refractivity contribution in [2.75, 3.05) is 28.4 Å². The first-order valence-corrected chi connectivity index (χ1v) is 13.0. The van der Waals surface area contributed by atoms with Gasteiger partial charge in [-0.05, 0) is 26.0 Å². The summed E-state index contributed by atoms with van der Waals surface area (Å²) in [5.74, 6) is -0.802. The van der Waals surface area contributed by atoms with Crippen LogP contribution >= 0.6 is 0 Å². The molecule has 226 valence electrons. The summed E-state index contributed by atoms with van der Waals surface area (Å²) in [6.07, 6.45) is 1.18. The number of carbonyl (C=O) groups is 1. The molecule has 0 amide bonds. The molecule has 43 heavy (non-hydrogen) atoms. The summed E-state index contributed by atoms with van der Waals surface area (Å²) in [4.78, 5) is 43.6. The number of hydrogen-bond donors (Lipinski definition) is 1. The number of ether oxygens (including phenoxy) is 6. The van der Waals surface area contributed by atoms with Crippen LogP contribution in [0.25, 0.3) is 11.1 Å². The number of pyridine rings is 1. The monoisotopic (exact) mass is 593 g/mol. The molecule has 3 atom stereocenters. The van der Waals surface area contributed by atoms with Crippen molar-refractivity contribution in [3.63, 3.8) is 0 Å². The van der Waals surface area contributed by atoms with Gasteiger partial charge in [-0.15, -0.1) is 0 Å². The molecule has 2 aromatic carbocycles. The quantitative estimate of drug-likeness (QED) is 0.145. The van der Waals surface area contributed by atoms with Crippen LogP contribution in [-0.2, 0) is 9.53 Å². The molecule has 0 bridgehead atoms. The van der Waals surface area contributed by atoms with Crippen molar-refractivity contribution in [1.29, 1.82) is 5.41 Å². The molecule has 4 aromatic rings. The highest BCUT2D eigenvalue weighted by Gasteiger charge is 2.33. The van der Waals surface area contributed by atoms with Crippen molar-refractivity contribution in [3.8, 4) is 28.7 Å². The van der Waals surface area contributed by atoms with Gasteiger partial charge in [-0.3, -0.25) is 10.2 Å². The van der Waals surface area contributed by atoms with E-state index in [1.54, 1.807) is 43.3 Å². The lowest BCUT2D eigenvalue weighted by molar-refractivity contribution is -0.152. The minimum Gasteiger partial charge on any atom is -0.497 e. The Labute approximate surface area is 246 Å². The van der Waals surface area contributed by atoms with Crippen molar-refractivity contribution in [1.82, 2.24) is 9.55 Å². The summed E-state index contributed by atoms with van der Waals surface area (Å²) >= 11 is 0. The lowest BCUT2D eigenvalue weighted by Gasteiger charge is -2.29. The van der Waals surface area contributed by atoms with E-state index in [1.807, 2.05) is 0 Å². The van der Waals surface area contributed by atoms with Crippen LogP contribution in [0.3, 0.4) is 0 Å². The lowest BCUT2D eigenvalue weighted by atomic mass is 9.85. The Morgan fingerprint density at radius 1 is 0.884 bits per heavy atom. The molecule has 2 aromatic heterocycles. The average Bonchev–Trinajstić information content (AvgIpc) is 3.01. The fraction of sp³-hybridized carbons (Fsp3) is 0.300. The Morgan fingerprint density at radius 3 is 2.07 bits per heavy atom. The van der Waals surface area contributed by atoms with Crippen molar-refractivity contribution in [3.05, 3.63) is 80.7 Å². The van der Waals surface area contributed by atoms with Crippen LogP contribution in [-0.4, -0.2) is 56.5 Å². The first kappa shape index (κ1) is 30.6. The highest BCUT2D eigenvalue weighted by Crippen LogP contribution is 2.42. The van der Waals surface area contributed by atoms with Gasteiger partial charge in [0, 0.05) is 35.5 Å². The molecule has 1 unspecified atom stereocenters. The van der Waals surface area contributed by atoms with Crippen molar-refractivity contribution in [2.24, 2.45) is 0 Å². The van der Waals surface area contributed by atoms with E-state index in [2.05, 4.69) is 4.98 Å². The minimum absolute atomic E-state index is 0.130. The van der Waals surface area contributed by atoms with Crippen LogP contribution in [0, 0.1) is 5.41 Å². The topological polar surface area (TPSA) is 161 Å². The molecule has 0 saturated heterocycles. The molecule has 0 saturated carbocycles. The van der Waals surface area contributed by atoms with Gasteiger partial charge in [0.05, 0.1) is 34.4 Å². The van der Waals surface area contributed by atoms with E-state index >= 15 is 0 Å². The van der Waals surface area contributed by atoms with Gasteiger partial charge in [-0.1, -0.05) is 12.1 Å². The lowest BCUT2D eigenvalue weighted by Crippen LogP contribution is -2.40. The number of nitrogens with one attached hydrogen (secondary N) is 1. The Bertz CT molecular complexity index is 1760. The summed E-state index contributed by atoms with van der Waals surface area (Å²) in [5.41, 5.74) is -0.00368. The molecule has 0 spiro atoms. The average molecular weight is 594 g/mol. The molecule has 0 aliphatic rings. The third-order valence-electron chi connectivity index (χ3n) is 6.91. The third kappa shape index (κ3) is 6.01. The van der Waals surface area contributed by atoms with Crippen molar-refractivity contribution >= 4 is 23.5 Å². The maximum Gasteiger partial charge on any atom is 0.423 e. The molecule has 13 nitrogen and oxygen atoms in total. The second-order valence-corrected chi connectivity index (χ2v) is 9.28. The zero-order valence-corrected chi connectivity index (χ0v) is 24.4. The molecular weight excluding hydrogens is 562 g/mol. The molecule has 4 rings (SSSR count). The molecule has 0 aliphatic heterocycles. The Balaban J connectivity index is 1.78. The van der Waals surface area contributed by atoms with E-state index in [0.717, 1.165) is 6.40 Å². The highest BCUT2D eigenvalue weighted by atomic mass is 16.5. The van der Waals surface area contributed by atoms with E-state index in [4.69, 9.17) is 38.2 Å². The molecular formula is C30H31N3O10. The fourth-order valence-corrected chi connectivity index (χ4v) is 4.78. The van der Waals surface area contributed by atoms with Gasteiger partial charge in [-0.25, -0.2) is 19.1 Å². The molecule has 2 heterocycles. The normalized spacial score (nSPS) is 13.0. The summed E-state index contributed by atoms with van der Waals surface area (Å²) in [5, 5.41) is 7.54. The summed E-state index contributed by atoms with van der Waals surface area (Å²) in [6, 6.07) is 10.3. The minimum atomic E-state index is -1.38. The largest absolute Gasteiger partial charge is 0.497 e. The summed E-state index contributed by atoms with van der Waals surface area (Å²) < 4.78 is 38.8. The number of rotatable bonds is 12. The smallest absolute Gasteiger partial charge is 0.423 e. The fourth-order valence-electron chi connectivity index (χ4n) is 4.78. The number of esters is 1. The second kappa shape index (κ2) is 13.1. The zero-order valence-electron chi connectivity index (χ0n) is 24.4. The standard InChI is InChI=1S/C30H31N3O10/c1-16(33-28(34)26-27(43-30(33)36)22(39-5)11-12-32-26)29(35)42-17(2)25(20-9-7-18(37-3)13-23(20)40-6)21-10-8-19(38-4)14-24(21)41-15-31/h7-17,25,31H,1-6H3/t16-,17-,25?/m0/s1. The van der Waals surface area contributed by atoms with E-state index < -0.39 is 35.3 Å². The predicted octanol–water partition coefficient (Wildman–Crippen LogP) is 3.69. The van der Waals surface area contributed by atoms with Crippen LogP contribution in [0.15, 0.2) is 62.7 Å². The molecule has 0 aliphatic carbocycles. The Kier molecular flexibility index (Phi) is 9.33. The van der Waals surface area contributed by atoms with Gasteiger partial charge in [0.25, 0.3) is 5.56 Å². The predicted molar refractivity (Wildman–Crippen MR) is 155 cm³/mol. The maximum atomic E-state index is 13.5. The van der Waals surface area contributed by atoms with Crippen LogP contribution in [0.5, 0.6) is 28.7 Å². The number of aromatic nitrogens is 2. The van der Waals surface area contributed by atoms with Crippen molar-refractivity contribution in [2.45, 2.75) is 31.9 Å². The highest BCUT2D eigenvalue weighted by molar-refractivity contribution is 5.78. The Morgan fingerprint density at radius 2 is 1.49 bits per heavy atom. The van der Waals surface area contributed by atoms with E-state index in [9.17, 15) is 14.4 Å². The molecule has 1 N–H and O–H groups in total. The number of fused-ring (bicyclic) bond motifs is 1. The van der Waals surface area contributed by atoms with Gasteiger partial charge in [0.15, 0.2) is 17.7 Å². The Hall–Kier alpha value is -5.33. The zero-order chi connectivity index (χ0) is 31.3. The van der Waals surface area contributed by atoms with E-state index in [1.165, 1.54) is 47.6 Å². The van der Waals surface area contributed by atoms with Gasteiger partial charge in [-0.2, -0.15) is 0 Å². The molecule has 13 heteroatoms. The third-order valence-corrected chi connectivity index (χ3v) is 6.91. The van der Waals surface area contributed by atoms with Crippen molar-refractivity contribution < 1.29 is 37.6 Å². The van der Waals surface area contributed by atoms with E-state index in [-0.39, 0.29) is 22.6 Å². The van der Waals surface area contributed by atoms with Crippen LogP contribution in [0.4, 0.5) is 0 Å². The number of benzene rings is 2. The van der Waals surface area contributed by atoms with Gasteiger partial charge >= 0.3 is 11.7 Å². The number of carbonyl (C=O) groups excluding carboxylic acids is 1. The number of nitrogens with zero attached hydrogens (tertiary/aromatic N) is 2. The van der Waals surface area contributed by atoms with Crippen LogP contribution in [0.1, 0.15) is 36.9 Å². The molecule has 0 radical (unpaired) electrons. The number of methoxy groups -OCH3 is 4. The number of hydrogen-bond acceptors (Lipinski definition) is 12. The maximum absolute atomic E-state index is 13.5. The second-order valence-electron chi connectivity index (χ2n) is 9.28. The molecule has 0 fully saturated rings. The van der Waals surface area contributed by atoms with E-state index in [0.29, 0.717) is 32.9 Å². The van der Waals surface area contributed by atoms with Crippen LogP contribution < -0.4 is 35.0 Å². The van der Waals surface area contributed by atoms with Gasteiger partial charge < -0.3 is 32.8 Å². The van der Waals surface area contributed by atoms with Crippen LogP contribution in [0.2, 0.25) is 0 Å². The summed E-state index contributed by atoms with van der Waals surface area (Å²) in [7, 11) is 5.87. The van der Waals surface area contributed by atoms with Gasteiger partial charge in [0.2, 0.25) is 5.58 Å².